The van der Waals surface area contributed by atoms with Crippen molar-refractivity contribution in [3.8, 4) is 5.75 Å². The van der Waals surface area contributed by atoms with Gasteiger partial charge in [0, 0.05) is 11.1 Å². The van der Waals surface area contributed by atoms with Crippen LogP contribution in [-0.2, 0) is 10.1 Å². The van der Waals surface area contributed by atoms with E-state index in [1.165, 1.54) is 12.1 Å². The summed E-state index contributed by atoms with van der Waals surface area (Å²) < 4.78 is 30.8. The van der Waals surface area contributed by atoms with E-state index in [2.05, 4.69) is 0 Å². The SMILES string of the molecule is Nc1cccc2ccc(S(=O)(=O)O)c(O)c12. The Kier molecular flexibility index (Phi) is 2.25. The molecule has 0 heterocycles. The van der Waals surface area contributed by atoms with Gasteiger partial charge in [-0.2, -0.15) is 8.42 Å². The zero-order valence-corrected chi connectivity index (χ0v) is 8.90. The molecule has 0 radical (unpaired) electrons. The van der Waals surface area contributed by atoms with Gasteiger partial charge in [0.1, 0.15) is 10.6 Å². The molecule has 0 aliphatic carbocycles. The van der Waals surface area contributed by atoms with E-state index in [0.29, 0.717) is 5.39 Å². The van der Waals surface area contributed by atoms with Crippen LogP contribution in [0.1, 0.15) is 0 Å². The molecule has 0 aliphatic heterocycles. The summed E-state index contributed by atoms with van der Waals surface area (Å²) in [7, 11) is -4.45. The van der Waals surface area contributed by atoms with Crippen LogP contribution in [0, 0.1) is 0 Å². The van der Waals surface area contributed by atoms with Crippen LogP contribution in [0.4, 0.5) is 5.69 Å². The molecule has 2 aromatic rings. The molecule has 2 aromatic carbocycles. The van der Waals surface area contributed by atoms with Crippen molar-refractivity contribution in [3.05, 3.63) is 30.3 Å². The summed E-state index contributed by atoms with van der Waals surface area (Å²) >= 11 is 0. The standard InChI is InChI=1S/C10H9NO4S/c11-7-3-1-2-6-4-5-8(16(13,14)15)10(12)9(6)7/h1-5,12H,11H2,(H,13,14,15). The number of nitrogen functional groups attached to an aromatic ring is 1. The first-order valence-corrected chi connectivity index (χ1v) is 5.83. The third-order valence-corrected chi connectivity index (χ3v) is 3.18. The second-order valence-corrected chi connectivity index (χ2v) is 4.72. The molecule has 6 heteroatoms. The number of benzene rings is 2. The first-order valence-electron chi connectivity index (χ1n) is 4.39. The Hall–Kier alpha value is -1.79. The fraction of sp³-hybridized carbons (Fsp3) is 0. The van der Waals surface area contributed by atoms with Crippen LogP contribution in [0.5, 0.6) is 5.75 Å². The first-order chi connectivity index (χ1) is 7.41. The van der Waals surface area contributed by atoms with Gasteiger partial charge in [-0.15, -0.1) is 0 Å². The molecule has 0 unspecified atom stereocenters. The number of aromatic hydroxyl groups is 1. The number of anilines is 1. The van der Waals surface area contributed by atoms with Gasteiger partial charge in [-0.25, -0.2) is 0 Å². The number of phenolic OH excluding ortho intramolecular Hbond substituents is 1. The van der Waals surface area contributed by atoms with E-state index in [0.717, 1.165) is 6.07 Å². The molecule has 0 amide bonds. The Morgan fingerprint density at radius 3 is 2.44 bits per heavy atom. The van der Waals surface area contributed by atoms with Gasteiger partial charge >= 0.3 is 0 Å². The summed E-state index contributed by atoms with van der Waals surface area (Å²) in [5.74, 6) is -0.530. The average Bonchev–Trinajstić information content (AvgIpc) is 2.16. The van der Waals surface area contributed by atoms with Crippen molar-refractivity contribution < 1.29 is 18.1 Å². The average molecular weight is 239 g/mol. The first kappa shape index (κ1) is 10.7. The molecular weight excluding hydrogens is 230 g/mol. The number of hydrogen-bond donors (Lipinski definition) is 3. The van der Waals surface area contributed by atoms with Crippen molar-refractivity contribution in [2.45, 2.75) is 4.90 Å². The second kappa shape index (κ2) is 3.36. The predicted octanol–water partition coefficient (Wildman–Crippen LogP) is 1.37. The Morgan fingerprint density at radius 2 is 1.81 bits per heavy atom. The molecule has 4 N–H and O–H groups in total. The minimum atomic E-state index is -4.45. The van der Waals surface area contributed by atoms with Gasteiger partial charge in [0.15, 0.2) is 0 Å². The lowest BCUT2D eigenvalue weighted by atomic mass is 10.1. The molecule has 0 aromatic heterocycles. The Bertz CT molecular complexity index is 664. The normalized spacial score (nSPS) is 11.8. The largest absolute Gasteiger partial charge is 0.506 e. The molecular formula is C10H9NO4S. The maximum atomic E-state index is 11.0. The minimum Gasteiger partial charge on any atom is -0.506 e. The summed E-state index contributed by atoms with van der Waals surface area (Å²) in [6, 6.07) is 7.50. The quantitative estimate of drug-likeness (QED) is 0.515. The molecule has 2 rings (SSSR count). The summed E-state index contributed by atoms with van der Waals surface area (Å²) in [5.41, 5.74) is 5.88. The molecule has 0 aliphatic rings. The smallest absolute Gasteiger partial charge is 0.298 e. The van der Waals surface area contributed by atoms with Crippen molar-refractivity contribution in [1.82, 2.24) is 0 Å². The summed E-state index contributed by atoms with van der Waals surface area (Å²) in [6.07, 6.45) is 0. The van der Waals surface area contributed by atoms with Gasteiger partial charge in [0.05, 0.1) is 0 Å². The van der Waals surface area contributed by atoms with Gasteiger partial charge in [0.25, 0.3) is 10.1 Å². The number of rotatable bonds is 1. The van der Waals surface area contributed by atoms with Crippen LogP contribution < -0.4 is 5.73 Å². The zero-order chi connectivity index (χ0) is 11.9. The summed E-state index contributed by atoms with van der Waals surface area (Å²) in [5, 5.41) is 10.6. The van der Waals surface area contributed by atoms with Gasteiger partial charge in [-0.05, 0) is 17.5 Å². The van der Waals surface area contributed by atoms with Crippen molar-refractivity contribution in [3.63, 3.8) is 0 Å². The highest BCUT2D eigenvalue weighted by Gasteiger charge is 2.18. The van der Waals surface area contributed by atoms with Crippen molar-refractivity contribution in [2.24, 2.45) is 0 Å². The monoisotopic (exact) mass is 239 g/mol. The van der Waals surface area contributed by atoms with Gasteiger partial charge in [-0.1, -0.05) is 18.2 Å². The highest BCUT2D eigenvalue weighted by Crippen LogP contribution is 2.35. The fourth-order valence-corrected chi connectivity index (χ4v) is 2.16. The second-order valence-electron chi connectivity index (χ2n) is 3.33. The molecule has 0 saturated heterocycles. The van der Waals surface area contributed by atoms with Gasteiger partial charge < -0.3 is 10.8 Å². The van der Waals surface area contributed by atoms with E-state index in [-0.39, 0.29) is 11.1 Å². The van der Waals surface area contributed by atoms with Crippen LogP contribution in [-0.4, -0.2) is 18.1 Å². The Labute approximate surface area is 91.9 Å². The lowest BCUT2D eigenvalue weighted by Gasteiger charge is -2.07. The molecule has 5 nitrogen and oxygen atoms in total. The molecule has 0 atom stereocenters. The third-order valence-electron chi connectivity index (χ3n) is 2.29. The number of hydrogen-bond acceptors (Lipinski definition) is 4. The van der Waals surface area contributed by atoms with E-state index in [9.17, 15) is 13.5 Å². The van der Waals surface area contributed by atoms with Crippen molar-refractivity contribution in [2.75, 3.05) is 5.73 Å². The molecule has 0 fully saturated rings. The molecule has 0 saturated carbocycles. The Balaban J connectivity index is 2.95. The van der Waals surface area contributed by atoms with Crippen LogP contribution in [0.2, 0.25) is 0 Å². The number of fused-ring (bicyclic) bond motifs is 1. The molecule has 16 heavy (non-hydrogen) atoms. The lowest BCUT2D eigenvalue weighted by molar-refractivity contribution is 0.448. The molecule has 0 spiro atoms. The van der Waals surface area contributed by atoms with Gasteiger partial charge in [-0.3, -0.25) is 4.55 Å². The van der Waals surface area contributed by atoms with E-state index in [4.69, 9.17) is 10.3 Å². The van der Waals surface area contributed by atoms with E-state index < -0.39 is 20.8 Å². The van der Waals surface area contributed by atoms with Crippen LogP contribution in [0.25, 0.3) is 10.8 Å². The maximum Gasteiger partial charge on any atom is 0.298 e. The molecule has 0 bridgehead atoms. The van der Waals surface area contributed by atoms with Crippen LogP contribution >= 0.6 is 0 Å². The van der Waals surface area contributed by atoms with Crippen molar-refractivity contribution >= 4 is 26.6 Å². The zero-order valence-electron chi connectivity index (χ0n) is 8.08. The summed E-state index contributed by atoms with van der Waals surface area (Å²) in [6.45, 7) is 0. The highest BCUT2D eigenvalue weighted by molar-refractivity contribution is 7.86. The fourth-order valence-electron chi connectivity index (χ4n) is 1.58. The Morgan fingerprint density at radius 1 is 1.12 bits per heavy atom. The highest BCUT2D eigenvalue weighted by atomic mass is 32.2. The molecule has 84 valence electrons. The topological polar surface area (TPSA) is 101 Å². The van der Waals surface area contributed by atoms with E-state index >= 15 is 0 Å². The van der Waals surface area contributed by atoms with Crippen molar-refractivity contribution in [1.29, 1.82) is 0 Å². The number of nitrogens with two attached hydrogens (primary N) is 1. The summed E-state index contributed by atoms with van der Waals surface area (Å²) in [4.78, 5) is -0.544. The lowest BCUT2D eigenvalue weighted by Crippen LogP contribution is -1.99. The number of phenols is 1. The minimum absolute atomic E-state index is 0.220. The van der Waals surface area contributed by atoms with E-state index in [1.807, 2.05) is 0 Å². The van der Waals surface area contributed by atoms with Crippen LogP contribution in [0.15, 0.2) is 35.2 Å². The van der Waals surface area contributed by atoms with Gasteiger partial charge in [0.2, 0.25) is 0 Å². The maximum absolute atomic E-state index is 11.0. The third kappa shape index (κ3) is 1.58. The van der Waals surface area contributed by atoms with E-state index in [1.54, 1.807) is 12.1 Å². The predicted molar refractivity (Wildman–Crippen MR) is 59.8 cm³/mol. The van der Waals surface area contributed by atoms with Crippen LogP contribution in [0.3, 0.4) is 0 Å².